The minimum atomic E-state index is 0.0904. The maximum absolute atomic E-state index is 12.9. The predicted molar refractivity (Wildman–Crippen MR) is 102 cm³/mol. The number of amides is 1. The highest BCUT2D eigenvalue weighted by Gasteiger charge is 2.42. The quantitative estimate of drug-likeness (QED) is 0.920. The summed E-state index contributed by atoms with van der Waals surface area (Å²) >= 11 is 0. The van der Waals surface area contributed by atoms with Gasteiger partial charge in [-0.3, -0.25) is 4.79 Å². The van der Waals surface area contributed by atoms with Gasteiger partial charge in [0.2, 0.25) is 0 Å². The second kappa shape index (κ2) is 7.12. The predicted octanol–water partition coefficient (Wildman–Crippen LogP) is 3.38. The van der Waals surface area contributed by atoms with E-state index in [1.54, 1.807) is 0 Å². The van der Waals surface area contributed by atoms with Gasteiger partial charge in [-0.1, -0.05) is 35.9 Å². The highest BCUT2D eigenvalue weighted by atomic mass is 16.5. The molecule has 0 aromatic heterocycles. The van der Waals surface area contributed by atoms with Gasteiger partial charge in [0.25, 0.3) is 5.91 Å². The summed E-state index contributed by atoms with van der Waals surface area (Å²) in [6, 6.07) is 16.0. The number of carbonyl (C=O) groups is 1. The third-order valence-corrected chi connectivity index (χ3v) is 5.77. The maximum atomic E-state index is 12.9. The van der Waals surface area contributed by atoms with Crippen molar-refractivity contribution < 1.29 is 9.53 Å². The zero-order chi connectivity index (χ0) is 18.1. The number of hydrogen-bond acceptors (Lipinski definition) is 3. The van der Waals surface area contributed by atoms with E-state index in [1.807, 2.05) is 41.3 Å². The molecule has 1 heterocycles. The number of carbonyl (C=O) groups excluding carboxylic acids is 1. The van der Waals surface area contributed by atoms with Crippen molar-refractivity contribution in [2.75, 3.05) is 13.1 Å². The molecule has 4 rings (SSSR count). The lowest BCUT2D eigenvalue weighted by Crippen LogP contribution is -2.33. The summed E-state index contributed by atoms with van der Waals surface area (Å²) in [4.78, 5) is 14.9. The summed E-state index contributed by atoms with van der Waals surface area (Å²) < 4.78 is 5.90. The molecule has 2 N–H and O–H groups in total. The Morgan fingerprint density at radius 3 is 2.81 bits per heavy atom. The first-order valence-corrected chi connectivity index (χ1v) is 9.43. The lowest BCUT2D eigenvalue weighted by molar-refractivity contribution is 0.0779. The molecule has 2 aromatic carbocycles. The molecular formula is C22H26N2O2. The van der Waals surface area contributed by atoms with E-state index in [1.165, 1.54) is 5.56 Å². The lowest BCUT2D eigenvalue weighted by Gasteiger charge is -2.19. The van der Waals surface area contributed by atoms with Crippen molar-refractivity contribution in [3.63, 3.8) is 0 Å². The summed E-state index contributed by atoms with van der Waals surface area (Å²) in [6.45, 7) is 4.20. The van der Waals surface area contributed by atoms with E-state index in [9.17, 15) is 4.79 Å². The van der Waals surface area contributed by atoms with Crippen LogP contribution in [0.3, 0.4) is 0 Å². The first kappa shape index (κ1) is 17.1. The van der Waals surface area contributed by atoms with Crippen molar-refractivity contribution in [3.8, 4) is 5.75 Å². The van der Waals surface area contributed by atoms with Crippen LogP contribution in [0.2, 0.25) is 0 Å². The van der Waals surface area contributed by atoms with Crippen LogP contribution in [0.15, 0.2) is 48.5 Å². The summed E-state index contributed by atoms with van der Waals surface area (Å²) in [5.74, 6) is 1.87. The number of nitrogens with two attached hydrogens (primary N) is 1. The fourth-order valence-corrected chi connectivity index (χ4v) is 4.34. The third-order valence-electron chi connectivity index (χ3n) is 5.77. The molecule has 0 spiro atoms. The minimum absolute atomic E-state index is 0.0904. The zero-order valence-corrected chi connectivity index (χ0v) is 15.2. The van der Waals surface area contributed by atoms with Crippen LogP contribution in [0, 0.1) is 18.8 Å². The van der Waals surface area contributed by atoms with E-state index in [-0.39, 0.29) is 11.9 Å². The van der Waals surface area contributed by atoms with Crippen molar-refractivity contribution in [1.29, 1.82) is 0 Å². The fourth-order valence-electron chi connectivity index (χ4n) is 4.34. The summed E-state index contributed by atoms with van der Waals surface area (Å²) in [5, 5.41) is 0. The molecule has 1 aliphatic carbocycles. The van der Waals surface area contributed by atoms with Crippen molar-refractivity contribution in [3.05, 3.63) is 65.2 Å². The number of aryl methyl sites for hydroxylation is 1. The van der Waals surface area contributed by atoms with E-state index in [0.717, 1.165) is 37.2 Å². The molecule has 3 unspecified atom stereocenters. The Labute approximate surface area is 155 Å². The van der Waals surface area contributed by atoms with E-state index in [4.69, 9.17) is 10.5 Å². The van der Waals surface area contributed by atoms with Crippen molar-refractivity contribution in [2.45, 2.75) is 32.4 Å². The van der Waals surface area contributed by atoms with Crippen LogP contribution in [0.4, 0.5) is 0 Å². The minimum Gasteiger partial charge on any atom is -0.489 e. The molecular weight excluding hydrogens is 324 g/mol. The number of rotatable bonds is 4. The molecule has 4 nitrogen and oxygen atoms in total. The van der Waals surface area contributed by atoms with Crippen LogP contribution in [0.5, 0.6) is 5.75 Å². The van der Waals surface area contributed by atoms with Crippen LogP contribution < -0.4 is 10.5 Å². The first-order valence-electron chi connectivity index (χ1n) is 9.43. The molecule has 2 fully saturated rings. The van der Waals surface area contributed by atoms with Gasteiger partial charge >= 0.3 is 0 Å². The normalized spacial score (nSPS) is 24.5. The first-order chi connectivity index (χ1) is 12.6. The molecule has 1 aliphatic heterocycles. The molecule has 0 bridgehead atoms. The van der Waals surface area contributed by atoms with E-state index < -0.39 is 0 Å². The van der Waals surface area contributed by atoms with E-state index in [0.29, 0.717) is 24.0 Å². The van der Waals surface area contributed by atoms with Crippen molar-refractivity contribution in [2.24, 2.45) is 17.6 Å². The van der Waals surface area contributed by atoms with Gasteiger partial charge in [-0.05, 0) is 55.4 Å². The Hall–Kier alpha value is -2.33. The SMILES string of the molecule is Cc1cccc(COc2cccc(C(=O)N3CC4CCC(N)C4C3)c2)c1. The van der Waals surface area contributed by atoms with Gasteiger partial charge in [-0.15, -0.1) is 0 Å². The Kier molecular flexibility index (Phi) is 4.68. The van der Waals surface area contributed by atoms with Gasteiger partial charge in [0.15, 0.2) is 0 Å². The second-order valence-electron chi connectivity index (χ2n) is 7.68. The number of benzene rings is 2. The third kappa shape index (κ3) is 3.47. The zero-order valence-electron chi connectivity index (χ0n) is 15.2. The Bertz CT molecular complexity index is 804. The van der Waals surface area contributed by atoms with Crippen LogP contribution in [0.25, 0.3) is 0 Å². The smallest absolute Gasteiger partial charge is 0.254 e. The van der Waals surface area contributed by atoms with Crippen molar-refractivity contribution in [1.82, 2.24) is 4.90 Å². The molecule has 2 aromatic rings. The lowest BCUT2D eigenvalue weighted by atomic mass is 9.98. The molecule has 1 saturated heterocycles. The van der Waals surface area contributed by atoms with Gasteiger partial charge in [0.05, 0.1) is 0 Å². The molecule has 3 atom stereocenters. The van der Waals surface area contributed by atoms with Gasteiger partial charge < -0.3 is 15.4 Å². The average molecular weight is 350 g/mol. The van der Waals surface area contributed by atoms with E-state index in [2.05, 4.69) is 19.1 Å². The summed E-state index contributed by atoms with van der Waals surface area (Å²) in [7, 11) is 0. The van der Waals surface area contributed by atoms with Gasteiger partial charge in [0, 0.05) is 24.7 Å². The van der Waals surface area contributed by atoms with Crippen LogP contribution in [-0.2, 0) is 6.61 Å². The molecule has 26 heavy (non-hydrogen) atoms. The average Bonchev–Trinajstić information content (AvgIpc) is 3.22. The highest BCUT2D eigenvalue weighted by Crippen LogP contribution is 2.37. The van der Waals surface area contributed by atoms with Crippen LogP contribution in [-0.4, -0.2) is 29.9 Å². The number of fused-ring (bicyclic) bond motifs is 1. The highest BCUT2D eigenvalue weighted by molar-refractivity contribution is 5.94. The molecule has 1 saturated carbocycles. The Morgan fingerprint density at radius 1 is 1.15 bits per heavy atom. The topological polar surface area (TPSA) is 55.6 Å². The number of likely N-dealkylation sites (tertiary alicyclic amines) is 1. The molecule has 0 radical (unpaired) electrons. The standard InChI is InChI=1S/C22H26N2O2/c1-15-4-2-5-16(10-15)14-26-19-7-3-6-17(11-19)22(25)24-12-18-8-9-21(23)20(18)13-24/h2-7,10-11,18,20-21H,8-9,12-14,23H2,1H3. The van der Waals surface area contributed by atoms with Crippen LogP contribution >= 0.6 is 0 Å². The molecule has 136 valence electrons. The number of hydrogen-bond donors (Lipinski definition) is 1. The molecule has 4 heteroatoms. The van der Waals surface area contributed by atoms with Crippen molar-refractivity contribution >= 4 is 5.91 Å². The Balaban J connectivity index is 1.41. The summed E-state index contributed by atoms with van der Waals surface area (Å²) in [5.41, 5.74) is 9.23. The number of ether oxygens (including phenoxy) is 1. The van der Waals surface area contributed by atoms with Gasteiger partial charge in [0.1, 0.15) is 12.4 Å². The van der Waals surface area contributed by atoms with Gasteiger partial charge in [-0.25, -0.2) is 0 Å². The monoisotopic (exact) mass is 350 g/mol. The second-order valence-corrected chi connectivity index (χ2v) is 7.68. The largest absolute Gasteiger partial charge is 0.489 e. The van der Waals surface area contributed by atoms with Gasteiger partial charge in [-0.2, -0.15) is 0 Å². The number of nitrogens with zero attached hydrogens (tertiary/aromatic N) is 1. The fraction of sp³-hybridized carbons (Fsp3) is 0.409. The van der Waals surface area contributed by atoms with E-state index >= 15 is 0 Å². The van der Waals surface area contributed by atoms with Crippen LogP contribution in [0.1, 0.15) is 34.3 Å². The maximum Gasteiger partial charge on any atom is 0.254 e. The molecule has 2 aliphatic rings. The Morgan fingerprint density at radius 2 is 2.00 bits per heavy atom. The summed E-state index contributed by atoms with van der Waals surface area (Å²) in [6.07, 6.45) is 2.24. The molecule has 1 amide bonds.